The minimum absolute atomic E-state index is 0.0910. The molecule has 38 heavy (non-hydrogen) atoms. The first-order valence-corrected chi connectivity index (χ1v) is 12.8. The highest BCUT2D eigenvalue weighted by Gasteiger charge is 2.30. The number of nitriles is 1. The number of anilines is 3. The molecule has 198 valence electrons. The normalized spacial score (nSPS) is 20.1. The highest BCUT2D eigenvalue weighted by Crippen LogP contribution is 2.31. The second-order valence-electron chi connectivity index (χ2n) is 9.66. The van der Waals surface area contributed by atoms with Gasteiger partial charge < -0.3 is 19.9 Å². The summed E-state index contributed by atoms with van der Waals surface area (Å²) in [4.78, 5) is 13.0. The SMILES string of the molecule is N#Cc1ccc(NC2CCC(Oc3cc(N4CCN(c5ccc(C(F)(F)F)cc5)CC4)ncn3)CC2)cc1. The van der Waals surface area contributed by atoms with Crippen molar-refractivity contribution in [2.75, 3.05) is 41.3 Å². The summed E-state index contributed by atoms with van der Waals surface area (Å²) < 4.78 is 44.7. The van der Waals surface area contributed by atoms with Crippen LogP contribution in [0.4, 0.5) is 30.4 Å². The number of piperazine rings is 1. The van der Waals surface area contributed by atoms with Crippen LogP contribution < -0.4 is 19.9 Å². The van der Waals surface area contributed by atoms with Gasteiger partial charge in [0.25, 0.3) is 0 Å². The molecule has 2 aliphatic rings. The Balaban J connectivity index is 1.10. The van der Waals surface area contributed by atoms with Crippen molar-refractivity contribution in [3.63, 3.8) is 0 Å². The molecule has 0 bridgehead atoms. The van der Waals surface area contributed by atoms with E-state index < -0.39 is 11.7 Å². The molecular weight excluding hydrogens is 493 g/mol. The van der Waals surface area contributed by atoms with Gasteiger partial charge in [0.15, 0.2) is 0 Å². The van der Waals surface area contributed by atoms with E-state index >= 15 is 0 Å². The molecule has 10 heteroatoms. The van der Waals surface area contributed by atoms with Crippen molar-refractivity contribution in [2.45, 2.75) is 44.0 Å². The van der Waals surface area contributed by atoms with Crippen LogP contribution in [0.3, 0.4) is 0 Å². The standard InChI is InChI=1S/C28H29F3N6O/c29-28(30,31)21-3-9-24(10-4-21)36-13-15-37(16-14-36)26-17-27(34-19-33-26)38-25-11-7-23(8-12-25)35-22-5-1-20(18-32)2-6-22/h1-6,9-10,17,19,23,25,35H,7-8,11-16H2. The van der Waals surface area contributed by atoms with E-state index in [1.807, 2.05) is 30.3 Å². The Labute approximate surface area is 219 Å². The third-order valence-corrected chi connectivity index (χ3v) is 7.14. The van der Waals surface area contributed by atoms with Gasteiger partial charge in [-0.15, -0.1) is 0 Å². The van der Waals surface area contributed by atoms with Gasteiger partial charge in [0.2, 0.25) is 5.88 Å². The maximum absolute atomic E-state index is 12.8. The number of nitrogens with one attached hydrogen (secondary N) is 1. The molecule has 1 saturated heterocycles. The van der Waals surface area contributed by atoms with Gasteiger partial charge in [-0.3, -0.25) is 0 Å². The van der Waals surface area contributed by atoms with E-state index in [1.54, 1.807) is 0 Å². The molecule has 0 atom stereocenters. The zero-order valence-electron chi connectivity index (χ0n) is 20.9. The highest BCUT2D eigenvalue weighted by atomic mass is 19.4. The quantitative estimate of drug-likeness (QED) is 0.458. The van der Waals surface area contributed by atoms with Gasteiger partial charge in [0.05, 0.1) is 17.2 Å². The number of ether oxygens (including phenoxy) is 1. The Morgan fingerprint density at radius 1 is 0.868 bits per heavy atom. The third kappa shape index (κ3) is 6.28. The maximum atomic E-state index is 12.8. The number of hydrogen-bond donors (Lipinski definition) is 1. The second kappa shape index (κ2) is 11.2. The van der Waals surface area contributed by atoms with Crippen molar-refractivity contribution in [3.8, 4) is 11.9 Å². The fourth-order valence-corrected chi connectivity index (χ4v) is 4.99. The van der Waals surface area contributed by atoms with Crippen LogP contribution in [-0.4, -0.2) is 48.3 Å². The molecule has 2 aromatic carbocycles. The van der Waals surface area contributed by atoms with Crippen LogP contribution in [0.15, 0.2) is 60.9 Å². The van der Waals surface area contributed by atoms with Crippen molar-refractivity contribution in [3.05, 3.63) is 72.1 Å². The van der Waals surface area contributed by atoms with Crippen molar-refractivity contribution in [2.24, 2.45) is 0 Å². The summed E-state index contributed by atoms with van der Waals surface area (Å²) in [5.74, 6) is 1.35. The summed E-state index contributed by atoms with van der Waals surface area (Å²) in [6.45, 7) is 2.76. The van der Waals surface area contributed by atoms with Crippen LogP contribution >= 0.6 is 0 Å². The minimum atomic E-state index is -4.33. The highest BCUT2D eigenvalue weighted by molar-refractivity contribution is 5.51. The lowest BCUT2D eigenvalue weighted by atomic mass is 9.92. The zero-order valence-corrected chi connectivity index (χ0v) is 20.9. The van der Waals surface area contributed by atoms with Gasteiger partial charge in [-0.1, -0.05) is 0 Å². The Morgan fingerprint density at radius 2 is 1.53 bits per heavy atom. The van der Waals surface area contributed by atoms with Crippen LogP contribution in [0.1, 0.15) is 36.8 Å². The number of aromatic nitrogens is 2. The lowest BCUT2D eigenvalue weighted by Crippen LogP contribution is -2.46. The van der Waals surface area contributed by atoms with Crippen LogP contribution in [0.2, 0.25) is 0 Å². The fraction of sp³-hybridized carbons (Fsp3) is 0.393. The molecule has 1 N–H and O–H groups in total. The molecule has 2 fully saturated rings. The molecule has 1 aliphatic heterocycles. The monoisotopic (exact) mass is 522 g/mol. The van der Waals surface area contributed by atoms with Gasteiger partial charge in [-0.25, -0.2) is 9.97 Å². The lowest BCUT2D eigenvalue weighted by Gasteiger charge is -2.37. The first-order valence-electron chi connectivity index (χ1n) is 12.8. The first-order chi connectivity index (χ1) is 18.4. The smallest absolute Gasteiger partial charge is 0.416 e. The molecule has 5 rings (SSSR count). The number of halogens is 3. The number of nitrogens with zero attached hydrogens (tertiary/aromatic N) is 5. The summed E-state index contributed by atoms with van der Waals surface area (Å²) in [6.07, 6.45) is 1.08. The molecule has 0 unspecified atom stereocenters. The van der Waals surface area contributed by atoms with Crippen molar-refractivity contribution < 1.29 is 17.9 Å². The van der Waals surface area contributed by atoms with Gasteiger partial charge in [-0.05, 0) is 74.2 Å². The molecule has 2 heterocycles. The minimum Gasteiger partial charge on any atom is -0.474 e. The van der Waals surface area contributed by atoms with Gasteiger partial charge in [0, 0.05) is 49.7 Å². The van der Waals surface area contributed by atoms with Gasteiger partial charge in [-0.2, -0.15) is 18.4 Å². The van der Waals surface area contributed by atoms with Crippen LogP contribution in [0.25, 0.3) is 0 Å². The van der Waals surface area contributed by atoms with Crippen molar-refractivity contribution >= 4 is 17.2 Å². The first kappa shape index (κ1) is 25.6. The molecule has 0 amide bonds. The van der Waals surface area contributed by atoms with Crippen molar-refractivity contribution in [1.29, 1.82) is 5.26 Å². The average molecular weight is 523 g/mol. The van der Waals surface area contributed by atoms with E-state index in [0.717, 1.165) is 55.0 Å². The summed E-state index contributed by atoms with van der Waals surface area (Å²) in [6, 6.07) is 17.2. The predicted molar refractivity (Wildman–Crippen MR) is 139 cm³/mol. The van der Waals surface area contributed by atoms with Gasteiger partial charge >= 0.3 is 6.18 Å². The maximum Gasteiger partial charge on any atom is 0.416 e. The molecular formula is C28H29F3N6O. The van der Waals surface area contributed by atoms with Crippen LogP contribution in [0, 0.1) is 11.3 Å². The Hall–Kier alpha value is -4.00. The van der Waals surface area contributed by atoms with E-state index in [9.17, 15) is 13.2 Å². The van der Waals surface area contributed by atoms with Crippen LogP contribution in [-0.2, 0) is 6.18 Å². The number of hydrogen-bond acceptors (Lipinski definition) is 7. The zero-order chi connectivity index (χ0) is 26.5. The third-order valence-electron chi connectivity index (χ3n) is 7.14. The summed E-state index contributed by atoms with van der Waals surface area (Å²) >= 11 is 0. The summed E-state index contributed by atoms with van der Waals surface area (Å²) in [5, 5.41) is 12.5. The molecule has 0 spiro atoms. The molecule has 1 aliphatic carbocycles. The molecule has 7 nitrogen and oxygen atoms in total. The molecule has 1 saturated carbocycles. The number of alkyl halides is 3. The largest absolute Gasteiger partial charge is 0.474 e. The Kier molecular flexibility index (Phi) is 7.54. The summed E-state index contributed by atoms with van der Waals surface area (Å²) in [7, 11) is 0. The molecule has 3 aromatic rings. The van der Waals surface area contributed by atoms with E-state index in [-0.39, 0.29) is 6.10 Å². The number of benzene rings is 2. The lowest BCUT2D eigenvalue weighted by molar-refractivity contribution is -0.137. The van der Waals surface area contributed by atoms with Crippen molar-refractivity contribution in [1.82, 2.24) is 9.97 Å². The van der Waals surface area contributed by atoms with E-state index in [0.29, 0.717) is 43.7 Å². The molecule has 0 radical (unpaired) electrons. The average Bonchev–Trinajstić information content (AvgIpc) is 2.94. The Bertz CT molecular complexity index is 1240. The van der Waals surface area contributed by atoms with E-state index in [1.165, 1.54) is 18.5 Å². The van der Waals surface area contributed by atoms with Crippen LogP contribution in [0.5, 0.6) is 5.88 Å². The molecule has 1 aromatic heterocycles. The Morgan fingerprint density at radius 3 is 2.16 bits per heavy atom. The van der Waals surface area contributed by atoms with E-state index in [2.05, 4.69) is 31.2 Å². The van der Waals surface area contributed by atoms with Gasteiger partial charge in [0.1, 0.15) is 18.2 Å². The second-order valence-corrected chi connectivity index (χ2v) is 9.66. The topological polar surface area (TPSA) is 77.3 Å². The van der Waals surface area contributed by atoms with E-state index in [4.69, 9.17) is 10.00 Å². The number of rotatable bonds is 6. The fourth-order valence-electron chi connectivity index (χ4n) is 4.99. The predicted octanol–water partition coefficient (Wildman–Crippen LogP) is 5.50. The summed E-state index contributed by atoms with van der Waals surface area (Å²) in [5.41, 5.74) is 1.82.